The van der Waals surface area contributed by atoms with Crippen LogP contribution in [-0.2, 0) is 24.0 Å². The van der Waals surface area contributed by atoms with E-state index in [2.05, 4.69) is 16.0 Å². The van der Waals surface area contributed by atoms with Gasteiger partial charge in [-0.2, -0.15) is 0 Å². The molecule has 0 aromatic rings. The van der Waals surface area contributed by atoms with Crippen molar-refractivity contribution in [2.24, 2.45) is 17.4 Å². The first-order valence-corrected chi connectivity index (χ1v) is 9.27. The number of hydrogen-bond acceptors (Lipinski definition) is 7. The van der Waals surface area contributed by atoms with Gasteiger partial charge in [0, 0.05) is 0 Å². The predicted molar refractivity (Wildman–Crippen MR) is 102 cm³/mol. The molecule has 0 bridgehead atoms. The maximum Gasteiger partial charge on any atom is 0.326 e. The van der Waals surface area contributed by atoms with Crippen LogP contribution in [0.3, 0.4) is 0 Å². The molecular formula is C17H31N5O7. The summed E-state index contributed by atoms with van der Waals surface area (Å²) < 4.78 is 0. The number of nitrogens with two attached hydrogens (primary N) is 2. The van der Waals surface area contributed by atoms with E-state index in [1.54, 1.807) is 13.8 Å². The summed E-state index contributed by atoms with van der Waals surface area (Å²) >= 11 is 0. The van der Waals surface area contributed by atoms with E-state index in [1.807, 2.05) is 0 Å². The van der Waals surface area contributed by atoms with E-state index in [9.17, 15) is 29.1 Å². The number of aliphatic carboxylic acids is 2. The number of carboxylic acid groups (broad SMARTS) is 2. The van der Waals surface area contributed by atoms with E-state index >= 15 is 0 Å². The molecule has 0 aromatic heterocycles. The first-order chi connectivity index (χ1) is 13.5. The second kappa shape index (κ2) is 13.4. The van der Waals surface area contributed by atoms with Crippen molar-refractivity contribution < 1.29 is 34.2 Å². The molecule has 0 aromatic carbocycles. The fourth-order valence-corrected chi connectivity index (χ4v) is 2.35. The molecule has 0 fully saturated rings. The number of carbonyl (C=O) groups is 5. The van der Waals surface area contributed by atoms with Gasteiger partial charge >= 0.3 is 11.9 Å². The van der Waals surface area contributed by atoms with Gasteiger partial charge in [-0.1, -0.05) is 13.8 Å². The standard InChI is InChI=1S/C17H31N5O7/c1-9(2)14(16(27)21-11(17(28)29)5-3-4-6-18)22-12(23)8-20-15(26)10(19)7-13(24)25/h9-11,14H,3-8,18-19H2,1-2H3,(H,20,26)(H,21,27)(H,22,23)(H,24,25)(H,28,29). The number of nitrogens with one attached hydrogen (secondary N) is 3. The van der Waals surface area contributed by atoms with Crippen molar-refractivity contribution in [2.75, 3.05) is 13.1 Å². The predicted octanol–water partition coefficient (Wildman–Crippen LogP) is -2.26. The second-order valence-corrected chi connectivity index (χ2v) is 6.90. The van der Waals surface area contributed by atoms with Gasteiger partial charge in [-0.05, 0) is 31.7 Å². The lowest BCUT2D eigenvalue weighted by molar-refractivity contribution is -0.142. The molecule has 166 valence electrons. The van der Waals surface area contributed by atoms with Crippen LogP contribution in [0.15, 0.2) is 0 Å². The third-order valence-corrected chi connectivity index (χ3v) is 3.98. The zero-order valence-corrected chi connectivity index (χ0v) is 16.6. The normalized spacial score (nSPS) is 13.8. The quantitative estimate of drug-likeness (QED) is 0.152. The van der Waals surface area contributed by atoms with Crippen LogP contribution in [0.4, 0.5) is 0 Å². The summed E-state index contributed by atoms with van der Waals surface area (Å²) in [6.45, 7) is 3.22. The average molecular weight is 417 g/mol. The number of hydrogen-bond donors (Lipinski definition) is 7. The van der Waals surface area contributed by atoms with Crippen molar-refractivity contribution in [3.8, 4) is 0 Å². The fraction of sp³-hybridized carbons (Fsp3) is 0.706. The van der Waals surface area contributed by atoms with Crippen LogP contribution < -0.4 is 27.4 Å². The first kappa shape index (κ1) is 26.3. The lowest BCUT2D eigenvalue weighted by atomic mass is 10.0. The zero-order chi connectivity index (χ0) is 22.6. The minimum atomic E-state index is -1.31. The fourth-order valence-electron chi connectivity index (χ4n) is 2.35. The Kier molecular flexibility index (Phi) is 12.2. The molecule has 0 radical (unpaired) electrons. The van der Waals surface area contributed by atoms with Crippen molar-refractivity contribution in [2.45, 2.75) is 57.7 Å². The molecule has 12 nitrogen and oxygen atoms in total. The number of amides is 3. The van der Waals surface area contributed by atoms with Crippen LogP contribution in [0, 0.1) is 5.92 Å². The Morgan fingerprint density at radius 1 is 0.966 bits per heavy atom. The van der Waals surface area contributed by atoms with Crippen molar-refractivity contribution in [1.82, 2.24) is 16.0 Å². The molecular weight excluding hydrogens is 386 g/mol. The highest BCUT2D eigenvalue weighted by Crippen LogP contribution is 2.06. The summed E-state index contributed by atoms with van der Waals surface area (Å²) in [6, 6.07) is -3.45. The van der Waals surface area contributed by atoms with Gasteiger partial charge in [-0.3, -0.25) is 19.2 Å². The summed E-state index contributed by atoms with van der Waals surface area (Å²) in [5, 5.41) is 24.9. The minimum Gasteiger partial charge on any atom is -0.481 e. The van der Waals surface area contributed by atoms with Gasteiger partial charge in [-0.15, -0.1) is 0 Å². The summed E-state index contributed by atoms with van der Waals surface area (Å²) in [6.07, 6.45) is 0.753. The van der Waals surface area contributed by atoms with Gasteiger partial charge in [0.2, 0.25) is 17.7 Å². The number of unbranched alkanes of at least 4 members (excludes halogenated alkanes) is 1. The molecule has 0 rings (SSSR count). The number of carboxylic acids is 2. The first-order valence-electron chi connectivity index (χ1n) is 9.27. The Labute approximate surface area is 168 Å². The molecule has 29 heavy (non-hydrogen) atoms. The van der Waals surface area contributed by atoms with Gasteiger partial charge in [0.1, 0.15) is 12.1 Å². The van der Waals surface area contributed by atoms with Gasteiger partial charge in [0.15, 0.2) is 0 Å². The highest BCUT2D eigenvalue weighted by Gasteiger charge is 2.28. The highest BCUT2D eigenvalue weighted by molar-refractivity contribution is 5.93. The smallest absolute Gasteiger partial charge is 0.326 e. The topological polar surface area (TPSA) is 214 Å². The Morgan fingerprint density at radius 3 is 2.07 bits per heavy atom. The van der Waals surface area contributed by atoms with Crippen molar-refractivity contribution in [1.29, 1.82) is 0 Å². The summed E-state index contributed by atoms with van der Waals surface area (Å²) in [4.78, 5) is 58.0. The molecule has 9 N–H and O–H groups in total. The van der Waals surface area contributed by atoms with E-state index in [0.29, 0.717) is 19.4 Å². The van der Waals surface area contributed by atoms with Gasteiger partial charge < -0.3 is 37.6 Å². The molecule has 3 atom stereocenters. The van der Waals surface area contributed by atoms with Crippen molar-refractivity contribution in [3.63, 3.8) is 0 Å². The van der Waals surface area contributed by atoms with Gasteiger partial charge in [0.05, 0.1) is 19.0 Å². The Bertz CT molecular complexity index is 597. The SMILES string of the molecule is CC(C)C(NC(=O)CNC(=O)C(N)CC(=O)O)C(=O)NC(CCCCN)C(=O)O. The zero-order valence-electron chi connectivity index (χ0n) is 16.6. The van der Waals surface area contributed by atoms with Crippen LogP contribution in [0.1, 0.15) is 39.5 Å². The molecule has 0 aliphatic rings. The average Bonchev–Trinajstić information content (AvgIpc) is 2.62. The summed E-state index contributed by atoms with van der Waals surface area (Å²) in [5.41, 5.74) is 10.8. The van der Waals surface area contributed by atoms with Crippen LogP contribution in [0.25, 0.3) is 0 Å². The van der Waals surface area contributed by atoms with Crippen molar-refractivity contribution >= 4 is 29.7 Å². The lowest BCUT2D eigenvalue weighted by Crippen LogP contribution is -2.55. The summed E-state index contributed by atoms with van der Waals surface area (Å²) in [5.74, 6) is -4.99. The number of rotatable bonds is 14. The van der Waals surface area contributed by atoms with E-state index in [1.165, 1.54) is 0 Å². The highest BCUT2D eigenvalue weighted by atomic mass is 16.4. The molecule has 0 aliphatic carbocycles. The molecule has 12 heteroatoms. The molecule has 0 spiro atoms. The Balaban J connectivity index is 4.77. The third-order valence-electron chi connectivity index (χ3n) is 3.98. The maximum absolute atomic E-state index is 12.4. The Hall–Kier alpha value is -2.73. The van der Waals surface area contributed by atoms with Crippen LogP contribution in [-0.4, -0.2) is 71.1 Å². The molecule has 0 aliphatic heterocycles. The largest absolute Gasteiger partial charge is 0.481 e. The van der Waals surface area contributed by atoms with Crippen LogP contribution >= 0.6 is 0 Å². The molecule has 0 saturated heterocycles. The maximum atomic E-state index is 12.4. The van der Waals surface area contributed by atoms with Crippen LogP contribution in [0.5, 0.6) is 0 Å². The van der Waals surface area contributed by atoms with Crippen molar-refractivity contribution in [3.05, 3.63) is 0 Å². The lowest BCUT2D eigenvalue weighted by Gasteiger charge is -2.24. The molecule has 3 amide bonds. The monoisotopic (exact) mass is 417 g/mol. The minimum absolute atomic E-state index is 0.203. The van der Waals surface area contributed by atoms with Gasteiger partial charge in [-0.25, -0.2) is 4.79 Å². The van der Waals surface area contributed by atoms with E-state index in [4.69, 9.17) is 16.6 Å². The second-order valence-electron chi connectivity index (χ2n) is 6.90. The number of carbonyl (C=O) groups excluding carboxylic acids is 3. The van der Waals surface area contributed by atoms with E-state index in [-0.39, 0.29) is 12.3 Å². The molecule has 0 saturated carbocycles. The molecule has 0 heterocycles. The third kappa shape index (κ3) is 11.0. The van der Waals surface area contributed by atoms with Crippen LogP contribution in [0.2, 0.25) is 0 Å². The summed E-state index contributed by atoms with van der Waals surface area (Å²) in [7, 11) is 0. The van der Waals surface area contributed by atoms with Gasteiger partial charge in [0.25, 0.3) is 0 Å². The van der Waals surface area contributed by atoms with E-state index < -0.39 is 60.8 Å². The Morgan fingerprint density at radius 2 is 1.59 bits per heavy atom. The molecule has 3 unspecified atom stereocenters. The van der Waals surface area contributed by atoms with E-state index in [0.717, 1.165) is 0 Å².